The van der Waals surface area contributed by atoms with E-state index in [-0.39, 0.29) is 5.91 Å². The van der Waals surface area contributed by atoms with Gasteiger partial charge < -0.3 is 19.9 Å². The van der Waals surface area contributed by atoms with Crippen molar-refractivity contribution in [2.45, 2.75) is 32.3 Å². The zero-order valence-electron chi connectivity index (χ0n) is 14.7. The molecule has 134 valence electrons. The molecular formula is C19H25N3O2S. The van der Waals surface area contributed by atoms with E-state index in [0.717, 1.165) is 37.2 Å². The molecular weight excluding hydrogens is 334 g/mol. The first-order valence-corrected chi connectivity index (χ1v) is 9.21. The van der Waals surface area contributed by atoms with E-state index in [1.54, 1.807) is 0 Å². The van der Waals surface area contributed by atoms with Gasteiger partial charge in [0.15, 0.2) is 11.2 Å². The van der Waals surface area contributed by atoms with E-state index in [2.05, 4.69) is 11.9 Å². The maximum absolute atomic E-state index is 12.9. The van der Waals surface area contributed by atoms with Crippen LogP contribution in [0.3, 0.4) is 0 Å². The Hall–Kier alpha value is -2.08. The lowest BCUT2D eigenvalue weighted by Gasteiger charge is -2.38. The Morgan fingerprint density at radius 1 is 1.32 bits per heavy atom. The number of carbonyl (C=O) groups excluding carboxylic acids is 1. The Kier molecular flexibility index (Phi) is 5.58. The van der Waals surface area contributed by atoms with Crippen LogP contribution in [0.15, 0.2) is 36.4 Å². The van der Waals surface area contributed by atoms with Gasteiger partial charge in [-0.1, -0.05) is 24.3 Å². The smallest absolute Gasteiger partial charge is 0.265 e. The predicted molar refractivity (Wildman–Crippen MR) is 104 cm³/mol. The molecule has 5 nitrogen and oxygen atoms in total. The van der Waals surface area contributed by atoms with Crippen molar-refractivity contribution in [3.05, 3.63) is 36.4 Å². The van der Waals surface area contributed by atoms with Gasteiger partial charge in [0, 0.05) is 19.6 Å². The maximum Gasteiger partial charge on any atom is 0.265 e. The minimum atomic E-state index is -0.530. The lowest BCUT2D eigenvalue weighted by atomic mass is 10.1. The fraction of sp³-hybridized carbons (Fsp3) is 0.474. The van der Waals surface area contributed by atoms with Crippen molar-refractivity contribution in [1.82, 2.24) is 10.2 Å². The number of piperidine rings is 1. The molecule has 0 unspecified atom stereocenters. The fourth-order valence-corrected chi connectivity index (χ4v) is 3.44. The van der Waals surface area contributed by atoms with Gasteiger partial charge in [-0.2, -0.15) is 0 Å². The summed E-state index contributed by atoms with van der Waals surface area (Å²) in [6.07, 6.45) is 2.80. The number of thiocarbonyl (C=S) groups is 1. The minimum absolute atomic E-state index is 0.0573. The molecule has 1 amide bonds. The molecule has 1 atom stereocenters. The van der Waals surface area contributed by atoms with Gasteiger partial charge in [-0.05, 0) is 50.5 Å². The predicted octanol–water partition coefficient (Wildman–Crippen LogP) is 2.72. The fourth-order valence-electron chi connectivity index (χ4n) is 3.20. The summed E-state index contributed by atoms with van der Waals surface area (Å²) in [5.41, 5.74) is 1.90. The topological polar surface area (TPSA) is 44.8 Å². The molecule has 1 aromatic carbocycles. The first kappa shape index (κ1) is 17.7. The average molecular weight is 359 g/mol. The highest BCUT2D eigenvalue weighted by molar-refractivity contribution is 7.80. The quantitative estimate of drug-likeness (QED) is 0.664. The number of para-hydroxylation sites is 2. The first-order chi connectivity index (χ1) is 12.1. The molecule has 0 aromatic heterocycles. The number of fused-ring (bicyclic) bond motifs is 1. The minimum Gasteiger partial charge on any atom is -0.476 e. The van der Waals surface area contributed by atoms with Gasteiger partial charge in [0.25, 0.3) is 5.91 Å². The SMILES string of the molecule is C=C(C)CNC(=S)N1C[C@@H](C(=O)N2CCCCC2)Oc2ccccc21. The molecule has 3 rings (SSSR count). The summed E-state index contributed by atoms with van der Waals surface area (Å²) in [5.74, 6) is 0.755. The van der Waals surface area contributed by atoms with Crippen LogP contribution in [0.5, 0.6) is 5.75 Å². The van der Waals surface area contributed by atoms with E-state index in [1.807, 2.05) is 41.0 Å². The van der Waals surface area contributed by atoms with Crippen LogP contribution in [0.1, 0.15) is 26.2 Å². The van der Waals surface area contributed by atoms with Crippen LogP contribution < -0.4 is 15.0 Å². The third-order valence-corrected chi connectivity index (χ3v) is 4.87. The zero-order valence-corrected chi connectivity index (χ0v) is 15.5. The second-order valence-corrected chi connectivity index (χ2v) is 7.07. The second-order valence-electron chi connectivity index (χ2n) is 6.69. The van der Waals surface area contributed by atoms with E-state index >= 15 is 0 Å². The lowest BCUT2D eigenvalue weighted by Crippen LogP contribution is -2.54. The van der Waals surface area contributed by atoms with Gasteiger partial charge in [-0.15, -0.1) is 0 Å². The zero-order chi connectivity index (χ0) is 17.8. The summed E-state index contributed by atoms with van der Waals surface area (Å²) >= 11 is 5.56. The Labute approximate surface area is 154 Å². The van der Waals surface area contributed by atoms with Gasteiger partial charge in [0.05, 0.1) is 12.2 Å². The number of anilines is 1. The third-order valence-electron chi connectivity index (χ3n) is 4.50. The van der Waals surface area contributed by atoms with Crippen molar-refractivity contribution in [2.75, 3.05) is 31.1 Å². The molecule has 2 aliphatic heterocycles. The van der Waals surface area contributed by atoms with Gasteiger partial charge in [-0.3, -0.25) is 4.79 Å². The number of likely N-dealkylation sites (tertiary alicyclic amines) is 1. The summed E-state index contributed by atoms with van der Waals surface area (Å²) in [7, 11) is 0. The molecule has 1 N–H and O–H groups in total. The van der Waals surface area contributed by atoms with Crippen LogP contribution in [0.4, 0.5) is 5.69 Å². The molecule has 6 heteroatoms. The van der Waals surface area contributed by atoms with Gasteiger partial charge in [-0.25, -0.2) is 0 Å². The van der Waals surface area contributed by atoms with Gasteiger partial charge >= 0.3 is 0 Å². The summed E-state index contributed by atoms with van der Waals surface area (Å²) in [6.45, 7) is 8.52. The number of nitrogens with zero attached hydrogens (tertiary/aromatic N) is 2. The molecule has 1 fully saturated rings. The number of benzene rings is 1. The summed E-state index contributed by atoms with van der Waals surface area (Å²) < 4.78 is 6.02. The molecule has 2 aliphatic rings. The Balaban J connectivity index is 1.78. The van der Waals surface area contributed by atoms with Crippen molar-refractivity contribution < 1.29 is 9.53 Å². The molecule has 0 spiro atoms. The van der Waals surface area contributed by atoms with E-state index < -0.39 is 6.10 Å². The van der Waals surface area contributed by atoms with Crippen molar-refractivity contribution >= 4 is 28.9 Å². The third kappa shape index (κ3) is 4.12. The number of carbonyl (C=O) groups is 1. The average Bonchev–Trinajstić information content (AvgIpc) is 2.65. The van der Waals surface area contributed by atoms with Gasteiger partial charge in [0.2, 0.25) is 0 Å². The number of amides is 1. The second kappa shape index (κ2) is 7.87. The number of nitrogens with one attached hydrogen (secondary N) is 1. The normalized spacial score (nSPS) is 19.6. The number of hydrogen-bond donors (Lipinski definition) is 1. The van der Waals surface area contributed by atoms with Crippen molar-refractivity contribution in [3.63, 3.8) is 0 Å². The number of hydrogen-bond acceptors (Lipinski definition) is 3. The van der Waals surface area contributed by atoms with Crippen LogP contribution >= 0.6 is 12.2 Å². The highest BCUT2D eigenvalue weighted by atomic mass is 32.1. The van der Waals surface area contributed by atoms with Crippen LogP contribution in [0, 0.1) is 0 Å². The van der Waals surface area contributed by atoms with E-state index in [1.165, 1.54) is 6.42 Å². The maximum atomic E-state index is 12.9. The van der Waals surface area contributed by atoms with Gasteiger partial charge in [0.1, 0.15) is 5.75 Å². The molecule has 0 bridgehead atoms. The number of ether oxygens (including phenoxy) is 1. The van der Waals surface area contributed by atoms with Crippen molar-refractivity contribution in [3.8, 4) is 5.75 Å². The Morgan fingerprint density at radius 3 is 2.76 bits per heavy atom. The molecule has 1 aromatic rings. The summed E-state index contributed by atoms with van der Waals surface area (Å²) in [6, 6.07) is 7.71. The highest BCUT2D eigenvalue weighted by Gasteiger charge is 2.35. The van der Waals surface area contributed by atoms with Crippen LogP contribution in [-0.4, -0.2) is 48.2 Å². The molecule has 2 heterocycles. The monoisotopic (exact) mass is 359 g/mol. The molecule has 1 saturated heterocycles. The van der Waals surface area contributed by atoms with E-state index in [0.29, 0.717) is 24.0 Å². The first-order valence-electron chi connectivity index (χ1n) is 8.80. The molecule has 25 heavy (non-hydrogen) atoms. The Morgan fingerprint density at radius 2 is 2.04 bits per heavy atom. The molecule has 0 saturated carbocycles. The van der Waals surface area contributed by atoms with E-state index in [4.69, 9.17) is 17.0 Å². The van der Waals surface area contributed by atoms with Crippen LogP contribution in [-0.2, 0) is 4.79 Å². The van der Waals surface area contributed by atoms with E-state index in [9.17, 15) is 4.79 Å². The largest absolute Gasteiger partial charge is 0.476 e. The lowest BCUT2D eigenvalue weighted by molar-refractivity contribution is -0.139. The number of rotatable bonds is 3. The van der Waals surface area contributed by atoms with Crippen LogP contribution in [0.25, 0.3) is 0 Å². The van der Waals surface area contributed by atoms with Crippen LogP contribution in [0.2, 0.25) is 0 Å². The Bertz CT molecular complexity index is 670. The van der Waals surface area contributed by atoms with Crippen molar-refractivity contribution in [1.29, 1.82) is 0 Å². The summed E-state index contributed by atoms with van der Waals surface area (Å²) in [5, 5.41) is 3.80. The standard InChI is InChI=1S/C19H25N3O2S/c1-14(2)12-20-19(25)22-13-17(18(23)21-10-6-3-7-11-21)24-16-9-5-4-8-15(16)22/h4-5,8-9,17H,1,3,6-7,10-13H2,2H3,(H,20,25)/t17-/m0/s1. The summed E-state index contributed by atoms with van der Waals surface area (Å²) in [4.78, 5) is 16.8. The van der Waals surface area contributed by atoms with Crippen molar-refractivity contribution in [2.24, 2.45) is 0 Å². The molecule has 0 aliphatic carbocycles. The highest BCUT2D eigenvalue weighted by Crippen LogP contribution is 2.33. The molecule has 0 radical (unpaired) electrons.